The number of rotatable bonds is 0. The Kier molecular flexibility index (Phi) is 4.93. The lowest BCUT2D eigenvalue weighted by atomic mass is 11.0. The van der Waals surface area contributed by atoms with Crippen LogP contribution >= 0.6 is 11.6 Å². The lowest BCUT2D eigenvalue weighted by Crippen LogP contribution is -1.24. The molecule has 0 aromatic heterocycles. The van der Waals surface area contributed by atoms with Gasteiger partial charge in [-0.3, -0.25) is 4.79 Å². The molecule has 1 saturated carbocycles. The van der Waals surface area contributed by atoms with Gasteiger partial charge in [0.2, 0.25) is 5.75 Å². The van der Waals surface area contributed by atoms with E-state index >= 15 is 0 Å². The van der Waals surface area contributed by atoms with Gasteiger partial charge in [-0.1, -0.05) is 19.3 Å². The molecular formula is C4H7ClO. The Labute approximate surface area is 42.3 Å². The van der Waals surface area contributed by atoms with Gasteiger partial charge in [0.1, 0.15) is 0 Å². The maximum atomic E-state index is 8.57. The average Bonchev–Trinajstić information content (AvgIpc) is 2.11. The first-order valence-electron chi connectivity index (χ1n) is 1.95. The molecule has 0 aliphatic heterocycles. The summed E-state index contributed by atoms with van der Waals surface area (Å²) in [5, 5.41) is 0. The number of hydrogen-bond donors (Lipinski definition) is 0. The topological polar surface area (TPSA) is 17.1 Å². The van der Waals surface area contributed by atoms with E-state index in [1.165, 1.54) is 19.3 Å². The van der Waals surface area contributed by atoms with Gasteiger partial charge in [-0.2, -0.15) is 0 Å². The van der Waals surface area contributed by atoms with Crippen molar-refractivity contribution in [3.05, 3.63) is 0 Å². The van der Waals surface area contributed by atoms with Crippen LogP contribution in [0.5, 0.6) is 0 Å². The monoisotopic (exact) mass is 106 g/mol. The second-order valence-corrected chi connectivity index (χ2v) is 1.33. The van der Waals surface area contributed by atoms with E-state index in [9.17, 15) is 0 Å². The molecule has 1 aliphatic rings. The quantitative estimate of drug-likeness (QED) is 0.339. The summed E-state index contributed by atoms with van der Waals surface area (Å²) in [5.41, 5.74) is 0. The molecule has 1 aliphatic carbocycles. The molecule has 0 amide bonds. The summed E-state index contributed by atoms with van der Waals surface area (Å²) in [4.78, 5) is 8.57. The van der Waals surface area contributed by atoms with Gasteiger partial charge in [-0.05, 0) is 11.6 Å². The van der Waals surface area contributed by atoms with E-state index in [1.54, 1.807) is 0 Å². The van der Waals surface area contributed by atoms with Crippen molar-refractivity contribution in [3.63, 3.8) is 0 Å². The number of carbonyl (C=O) groups is 1. The molecule has 0 aromatic rings. The molecular weight excluding hydrogens is 99.5 g/mol. The normalized spacial score (nSPS) is 14.2. The van der Waals surface area contributed by atoms with E-state index < -0.39 is 0 Å². The number of hydrogen-bond acceptors (Lipinski definition) is 1. The number of carbonyl (C=O) groups excluding carboxylic acids is 1. The van der Waals surface area contributed by atoms with Gasteiger partial charge in [-0.15, -0.1) is 0 Å². The van der Waals surface area contributed by atoms with E-state index in [4.69, 9.17) is 4.79 Å². The van der Waals surface area contributed by atoms with Crippen LogP contribution in [0.1, 0.15) is 19.3 Å². The summed E-state index contributed by atoms with van der Waals surface area (Å²) >= 11 is 4.32. The van der Waals surface area contributed by atoms with Crippen LogP contribution in [0, 0.1) is 0 Å². The summed E-state index contributed by atoms with van der Waals surface area (Å²) < 4.78 is 0. The van der Waals surface area contributed by atoms with Crippen LogP contribution in [-0.2, 0) is 4.79 Å². The Morgan fingerprint density at radius 2 is 1.50 bits per heavy atom. The minimum absolute atomic E-state index is 0.222. The van der Waals surface area contributed by atoms with Crippen LogP contribution in [0.2, 0.25) is 0 Å². The second-order valence-electron chi connectivity index (χ2n) is 1.15. The fraction of sp³-hybridized carbons (Fsp3) is 0.750. The van der Waals surface area contributed by atoms with Crippen molar-refractivity contribution < 1.29 is 4.79 Å². The van der Waals surface area contributed by atoms with Crippen LogP contribution in [0.25, 0.3) is 0 Å². The predicted octanol–water partition coefficient (Wildman–Crippen LogP) is 1.59. The first-order chi connectivity index (χ1) is 2.91. The number of halogens is 1. The van der Waals surface area contributed by atoms with Crippen molar-refractivity contribution in [2.45, 2.75) is 19.3 Å². The third-order valence-corrected chi connectivity index (χ3v) is 0.354. The first-order valence-corrected chi connectivity index (χ1v) is 2.39. The van der Waals surface area contributed by atoms with Gasteiger partial charge >= 0.3 is 0 Å². The molecule has 0 heterocycles. The molecule has 2 heteroatoms. The molecule has 36 valence electrons. The lowest BCUT2D eigenvalue weighted by Gasteiger charge is -1.20. The second kappa shape index (κ2) is 4.96. The Morgan fingerprint density at radius 1 is 1.33 bits per heavy atom. The van der Waals surface area contributed by atoms with Crippen LogP contribution in [0.3, 0.4) is 0 Å². The third kappa shape index (κ3) is 37.6. The molecule has 1 fully saturated rings. The Balaban J connectivity index is 0.0000000833. The van der Waals surface area contributed by atoms with Crippen LogP contribution in [0.4, 0.5) is 0 Å². The van der Waals surface area contributed by atoms with Crippen LogP contribution < -0.4 is 0 Å². The molecule has 0 aromatic carbocycles. The molecule has 1 rings (SSSR count). The Bertz CT molecular complexity index is 31.8. The predicted molar refractivity (Wildman–Crippen MR) is 26.5 cm³/mol. The summed E-state index contributed by atoms with van der Waals surface area (Å²) in [5.74, 6) is 0.222. The molecule has 0 bridgehead atoms. The average molecular weight is 107 g/mol. The Morgan fingerprint density at radius 3 is 1.50 bits per heavy atom. The van der Waals surface area contributed by atoms with Crippen LogP contribution in [0.15, 0.2) is 0 Å². The SMILES string of the molecule is C1CC1.O=CCl. The van der Waals surface area contributed by atoms with E-state index in [0.29, 0.717) is 0 Å². The van der Waals surface area contributed by atoms with E-state index in [-0.39, 0.29) is 5.75 Å². The zero-order chi connectivity index (χ0) is 4.83. The van der Waals surface area contributed by atoms with Gasteiger partial charge in [0.25, 0.3) is 0 Å². The van der Waals surface area contributed by atoms with E-state index in [1.807, 2.05) is 0 Å². The molecule has 6 heavy (non-hydrogen) atoms. The van der Waals surface area contributed by atoms with Crippen molar-refractivity contribution in [2.24, 2.45) is 0 Å². The highest BCUT2D eigenvalue weighted by molar-refractivity contribution is 6.54. The highest BCUT2D eigenvalue weighted by Crippen LogP contribution is 2.14. The van der Waals surface area contributed by atoms with Gasteiger partial charge in [0, 0.05) is 0 Å². The van der Waals surface area contributed by atoms with Gasteiger partial charge in [-0.25, -0.2) is 0 Å². The summed E-state index contributed by atoms with van der Waals surface area (Å²) in [6, 6.07) is 0. The highest BCUT2D eigenvalue weighted by Gasteiger charge is 1.95. The van der Waals surface area contributed by atoms with Crippen molar-refractivity contribution >= 4 is 17.3 Å². The van der Waals surface area contributed by atoms with Crippen molar-refractivity contribution in [2.75, 3.05) is 0 Å². The van der Waals surface area contributed by atoms with Gasteiger partial charge in [0.05, 0.1) is 0 Å². The fourth-order valence-electron chi connectivity index (χ4n) is 0. The minimum Gasteiger partial charge on any atom is -0.285 e. The molecule has 0 atom stereocenters. The smallest absolute Gasteiger partial charge is 0.208 e. The summed E-state index contributed by atoms with van der Waals surface area (Å²) in [6.07, 6.45) is 4.50. The van der Waals surface area contributed by atoms with E-state index in [0.717, 1.165) is 0 Å². The zero-order valence-electron chi connectivity index (χ0n) is 3.48. The minimum atomic E-state index is 0.222. The third-order valence-electron chi connectivity index (χ3n) is 0.354. The lowest BCUT2D eigenvalue weighted by molar-refractivity contribution is 0.569. The molecule has 0 saturated heterocycles. The standard InChI is InChI=1S/C3H6.CHClO/c1-2-3-1;2-1-3/h1-3H2;1H. The maximum absolute atomic E-state index is 8.57. The largest absolute Gasteiger partial charge is 0.285 e. The molecule has 0 N–H and O–H groups in total. The Hall–Kier alpha value is -0.0400. The summed E-state index contributed by atoms with van der Waals surface area (Å²) in [6.45, 7) is 0. The van der Waals surface area contributed by atoms with Crippen molar-refractivity contribution in [1.29, 1.82) is 0 Å². The van der Waals surface area contributed by atoms with Crippen LogP contribution in [-0.4, -0.2) is 5.75 Å². The van der Waals surface area contributed by atoms with Gasteiger partial charge in [0.15, 0.2) is 0 Å². The first kappa shape index (κ1) is 5.96. The molecule has 0 radical (unpaired) electrons. The molecule has 0 spiro atoms. The van der Waals surface area contributed by atoms with E-state index in [2.05, 4.69) is 11.6 Å². The van der Waals surface area contributed by atoms with Crippen molar-refractivity contribution in [1.82, 2.24) is 0 Å². The maximum Gasteiger partial charge on any atom is 0.208 e. The zero-order valence-corrected chi connectivity index (χ0v) is 4.24. The molecule has 1 nitrogen and oxygen atoms in total. The van der Waals surface area contributed by atoms with Gasteiger partial charge < -0.3 is 0 Å². The highest BCUT2D eigenvalue weighted by atomic mass is 35.5. The summed E-state index contributed by atoms with van der Waals surface area (Å²) in [7, 11) is 0. The van der Waals surface area contributed by atoms with Crippen molar-refractivity contribution in [3.8, 4) is 0 Å². The molecule has 0 unspecified atom stereocenters. The fourth-order valence-corrected chi connectivity index (χ4v) is 0.